The number of aromatic nitrogens is 5. The van der Waals surface area contributed by atoms with Gasteiger partial charge < -0.3 is 5.32 Å². The maximum atomic E-state index is 9.10. The number of nitrogens with zero attached hydrogens (tertiary/aromatic N) is 7. The second-order valence-electron chi connectivity index (χ2n) is 7.22. The van der Waals surface area contributed by atoms with Crippen molar-refractivity contribution in [1.82, 2.24) is 29.6 Å². The molecule has 1 saturated heterocycles. The summed E-state index contributed by atoms with van der Waals surface area (Å²) in [6.07, 6.45) is 6.26. The first-order valence-corrected chi connectivity index (χ1v) is 10.4. The number of benzene rings is 1. The molecule has 4 heterocycles. The van der Waals surface area contributed by atoms with Gasteiger partial charge in [-0.25, -0.2) is 19.6 Å². The standard InChI is InChI=1S/C21H16Cl2N8/c22-16-6-13(9-24)7-17(23)20(16)31-11-15-18(29-31)2-3-25-21(15)28-19-8-14(26-12-27-19)10-30-4-1-5-30/h2-3,6-8,11-12H,1,4-5,10H2,(H,25,26,27,28). The first-order chi connectivity index (χ1) is 15.1. The Morgan fingerprint density at radius 1 is 1.10 bits per heavy atom. The van der Waals surface area contributed by atoms with Crippen molar-refractivity contribution in [3.05, 3.63) is 64.3 Å². The van der Waals surface area contributed by atoms with Crippen molar-refractivity contribution in [2.75, 3.05) is 18.4 Å². The van der Waals surface area contributed by atoms with E-state index in [0.717, 1.165) is 30.7 Å². The van der Waals surface area contributed by atoms with E-state index in [2.05, 4.69) is 30.3 Å². The first-order valence-electron chi connectivity index (χ1n) is 9.65. The highest BCUT2D eigenvalue weighted by Gasteiger charge is 2.16. The van der Waals surface area contributed by atoms with Gasteiger partial charge >= 0.3 is 0 Å². The molecule has 0 amide bonds. The van der Waals surface area contributed by atoms with Crippen LogP contribution >= 0.6 is 23.2 Å². The summed E-state index contributed by atoms with van der Waals surface area (Å²) in [6.45, 7) is 3.02. The number of nitrogens with one attached hydrogen (secondary N) is 1. The van der Waals surface area contributed by atoms with Gasteiger partial charge in [0.25, 0.3) is 0 Å². The number of rotatable bonds is 5. The van der Waals surface area contributed by atoms with Crippen molar-refractivity contribution < 1.29 is 0 Å². The van der Waals surface area contributed by atoms with Crippen LogP contribution in [0, 0.1) is 11.3 Å². The van der Waals surface area contributed by atoms with Crippen molar-refractivity contribution in [2.45, 2.75) is 13.0 Å². The molecule has 0 saturated carbocycles. The summed E-state index contributed by atoms with van der Waals surface area (Å²) in [4.78, 5) is 15.5. The highest BCUT2D eigenvalue weighted by Crippen LogP contribution is 2.32. The minimum atomic E-state index is 0.339. The van der Waals surface area contributed by atoms with Crippen LogP contribution in [0.2, 0.25) is 10.0 Å². The molecule has 0 atom stereocenters. The number of likely N-dealkylation sites (tertiary alicyclic amines) is 1. The third-order valence-electron chi connectivity index (χ3n) is 5.11. The predicted molar refractivity (Wildman–Crippen MR) is 119 cm³/mol. The van der Waals surface area contributed by atoms with Crippen molar-refractivity contribution in [3.63, 3.8) is 0 Å². The lowest BCUT2D eigenvalue weighted by Gasteiger charge is -2.30. The van der Waals surface area contributed by atoms with Crippen molar-refractivity contribution in [2.24, 2.45) is 0 Å². The van der Waals surface area contributed by atoms with Gasteiger partial charge in [-0.05, 0) is 37.7 Å². The zero-order chi connectivity index (χ0) is 21.4. The monoisotopic (exact) mass is 450 g/mol. The maximum absolute atomic E-state index is 9.10. The van der Waals surface area contributed by atoms with E-state index in [1.165, 1.54) is 6.42 Å². The summed E-state index contributed by atoms with van der Waals surface area (Å²) in [5.41, 5.74) is 2.56. The van der Waals surface area contributed by atoms with E-state index in [1.54, 1.807) is 41.6 Å². The fourth-order valence-electron chi connectivity index (χ4n) is 3.45. The molecule has 1 aliphatic rings. The Kier molecular flexibility index (Phi) is 5.16. The third kappa shape index (κ3) is 3.91. The number of anilines is 2. The third-order valence-corrected chi connectivity index (χ3v) is 5.69. The van der Waals surface area contributed by atoms with Crippen molar-refractivity contribution >= 4 is 45.7 Å². The van der Waals surface area contributed by atoms with Gasteiger partial charge in [0.1, 0.15) is 23.7 Å². The van der Waals surface area contributed by atoms with E-state index in [9.17, 15) is 0 Å². The molecule has 154 valence electrons. The summed E-state index contributed by atoms with van der Waals surface area (Å²) in [6, 6.07) is 8.90. The van der Waals surface area contributed by atoms with E-state index in [-0.39, 0.29) is 0 Å². The van der Waals surface area contributed by atoms with Crippen LogP contribution < -0.4 is 5.32 Å². The second-order valence-corrected chi connectivity index (χ2v) is 8.03. The largest absolute Gasteiger partial charge is 0.324 e. The quantitative estimate of drug-likeness (QED) is 0.482. The fourth-order valence-corrected chi connectivity index (χ4v) is 4.11. The van der Waals surface area contributed by atoms with Crippen LogP contribution in [0.25, 0.3) is 16.6 Å². The molecule has 1 aliphatic heterocycles. The van der Waals surface area contributed by atoms with E-state index < -0.39 is 0 Å². The zero-order valence-electron chi connectivity index (χ0n) is 16.3. The minimum Gasteiger partial charge on any atom is -0.324 e. The van der Waals surface area contributed by atoms with Gasteiger partial charge in [0.2, 0.25) is 0 Å². The average molecular weight is 451 g/mol. The number of halogens is 2. The molecule has 0 bridgehead atoms. The predicted octanol–water partition coefficient (Wildman–Crippen LogP) is 4.34. The molecule has 5 rings (SSSR count). The molecule has 0 unspecified atom stereocenters. The topological polar surface area (TPSA) is 95.6 Å². The van der Waals surface area contributed by atoms with E-state index in [4.69, 9.17) is 28.5 Å². The summed E-state index contributed by atoms with van der Waals surface area (Å²) >= 11 is 12.7. The highest BCUT2D eigenvalue weighted by atomic mass is 35.5. The molecule has 1 N–H and O–H groups in total. The summed E-state index contributed by atoms with van der Waals surface area (Å²) in [7, 11) is 0. The number of fused-ring (bicyclic) bond motifs is 1. The van der Waals surface area contributed by atoms with Gasteiger partial charge in [0.05, 0.1) is 38.3 Å². The molecule has 1 aromatic carbocycles. The minimum absolute atomic E-state index is 0.339. The molecule has 1 fully saturated rings. The van der Waals surface area contributed by atoms with E-state index in [0.29, 0.717) is 38.4 Å². The number of hydrogen-bond acceptors (Lipinski definition) is 7. The van der Waals surface area contributed by atoms with Crippen LogP contribution in [0.1, 0.15) is 17.7 Å². The molecule has 0 aliphatic carbocycles. The van der Waals surface area contributed by atoms with Gasteiger partial charge in [-0.3, -0.25) is 4.90 Å². The number of pyridine rings is 1. The molecule has 0 radical (unpaired) electrons. The summed E-state index contributed by atoms with van der Waals surface area (Å²) < 4.78 is 1.60. The molecule has 31 heavy (non-hydrogen) atoms. The summed E-state index contributed by atoms with van der Waals surface area (Å²) in [5.74, 6) is 1.27. The van der Waals surface area contributed by atoms with Crippen LogP contribution in [-0.4, -0.2) is 42.7 Å². The molecular weight excluding hydrogens is 435 g/mol. The Bertz CT molecular complexity index is 1300. The Labute approximate surface area is 188 Å². The number of hydrogen-bond donors (Lipinski definition) is 1. The van der Waals surface area contributed by atoms with Gasteiger partial charge in [-0.15, -0.1) is 0 Å². The maximum Gasteiger partial charge on any atom is 0.142 e. The molecular formula is C21H16Cl2N8. The smallest absolute Gasteiger partial charge is 0.142 e. The van der Waals surface area contributed by atoms with Crippen LogP contribution in [0.5, 0.6) is 0 Å². The van der Waals surface area contributed by atoms with Gasteiger partial charge in [0, 0.05) is 25.0 Å². The Morgan fingerprint density at radius 2 is 1.90 bits per heavy atom. The van der Waals surface area contributed by atoms with E-state index in [1.807, 2.05) is 12.1 Å². The normalized spacial score (nSPS) is 13.7. The molecule has 4 aromatic rings. The fraction of sp³-hybridized carbons (Fsp3) is 0.190. The Morgan fingerprint density at radius 3 is 2.61 bits per heavy atom. The van der Waals surface area contributed by atoms with Crippen molar-refractivity contribution in [1.29, 1.82) is 5.26 Å². The molecule has 3 aromatic heterocycles. The molecule has 8 nitrogen and oxygen atoms in total. The van der Waals surface area contributed by atoms with Gasteiger partial charge in [-0.2, -0.15) is 10.4 Å². The van der Waals surface area contributed by atoms with Crippen LogP contribution in [0.15, 0.2) is 43.0 Å². The van der Waals surface area contributed by atoms with Gasteiger partial charge in [0.15, 0.2) is 0 Å². The van der Waals surface area contributed by atoms with Crippen LogP contribution in [0.3, 0.4) is 0 Å². The van der Waals surface area contributed by atoms with Crippen LogP contribution in [-0.2, 0) is 6.54 Å². The van der Waals surface area contributed by atoms with Crippen LogP contribution in [0.4, 0.5) is 11.6 Å². The number of nitriles is 1. The lowest BCUT2D eigenvalue weighted by Crippen LogP contribution is -2.36. The van der Waals surface area contributed by atoms with Gasteiger partial charge in [-0.1, -0.05) is 23.2 Å². The first kappa shape index (κ1) is 19.7. The zero-order valence-corrected chi connectivity index (χ0v) is 17.8. The summed E-state index contributed by atoms with van der Waals surface area (Å²) in [5, 5.41) is 18.4. The molecule has 10 heteroatoms. The van der Waals surface area contributed by atoms with Crippen molar-refractivity contribution in [3.8, 4) is 11.8 Å². The highest BCUT2D eigenvalue weighted by molar-refractivity contribution is 6.38. The molecule has 0 spiro atoms. The average Bonchev–Trinajstić information content (AvgIpc) is 3.15. The Balaban J connectivity index is 1.48. The van der Waals surface area contributed by atoms with E-state index >= 15 is 0 Å². The SMILES string of the molecule is N#Cc1cc(Cl)c(-n2cc3c(Nc4cc(CN5CCC5)ncn4)nccc3n2)c(Cl)c1. The lowest BCUT2D eigenvalue weighted by atomic mass is 10.2. The second kappa shape index (κ2) is 8.12. The Hall–Kier alpha value is -3.25. The lowest BCUT2D eigenvalue weighted by molar-refractivity contribution is 0.170.